The van der Waals surface area contributed by atoms with Crippen molar-refractivity contribution >= 4 is 18.0 Å². The van der Waals surface area contributed by atoms with E-state index in [9.17, 15) is 9.59 Å². The molecule has 7 nitrogen and oxygen atoms in total. The number of nitrogens with zero attached hydrogens (tertiary/aromatic N) is 2. The lowest BCUT2D eigenvalue weighted by Crippen LogP contribution is -2.52. The largest absolute Gasteiger partial charge is 0.497 e. The molecule has 36 heavy (non-hydrogen) atoms. The number of rotatable bonds is 9. The van der Waals surface area contributed by atoms with Crippen LogP contribution in [0.2, 0.25) is 0 Å². The number of hydrogen-bond donors (Lipinski definition) is 1. The summed E-state index contributed by atoms with van der Waals surface area (Å²) >= 11 is 0. The second-order valence-electron chi connectivity index (χ2n) is 8.60. The van der Waals surface area contributed by atoms with Crippen molar-refractivity contribution in [3.63, 3.8) is 0 Å². The van der Waals surface area contributed by atoms with Gasteiger partial charge in [0.15, 0.2) is 0 Å². The number of piperazine rings is 1. The number of hydrogen-bond acceptors (Lipinski definition) is 6. The first-order valence-electron chi connectivity index (χ1n) is 12.0. The maximum absolute atomic E-state index is 12.4. The molecule has 1 heterocycles. The number of ether oxygens (including phenoxy) is 2. The highest BCUT2D eigenvalue weighted by molar-refractivity contribution is 5.92. The van der Waals surface area contributed by atoms with Gasteiger partial charge in [-0.05, 0) is 47.0 Å². The van der Waals surface area contributed by atoms with Crippen molar-refractivity contribution in [3.05, 3.63) is 107 Å². The molecule has 0 unspecified atom stereocenters. The zero-order chi connectivity index (χ0) is 25.2. The van der Waals surface area contributed by atoms with Gasteiger partial charge in [0.25, 0.3) is 5.91 Å². The van der Waals surface area contributed by atoms with E-state index in [-0.39, 0.29) is 12.5 Å². The monoisotopic (exact) mass is 485 g/mol. The first kappa shape index (κ1) is 25.2. The Morgan fingerprint density at radius 1 is 0.861 bits per heavy atom. The Bertz CT molecular complexity index is 1150. The molecule has 7 heteroatoms. The zero-order valence-corrected chi connectivity index (χ0v) is 20.4. The normalized spacial score (nSPS) is 14.5. The minimum absolute atomic E-state index is 0.172. The van der Waals surface area contributed by atoms with Crippen LogP contribution in [0.4, 0.5) is 0 Å². The molecule has 1 aliphatic rings. The maximum Gasteiger partial charge on any atom is 0.338 e. The van der Waals surface area contributed by atoms with Crippen molar-refractivity contribution < 1.29 is 19.1 Å². The van der Waals surface area contributed by atoms with E-state index in [1.54, 1.807) is 37.5 Å². The second kappa shape index (κ2) is 12.7. The van der Waals surface area contributed by atoms with Gasteiger partial charge < -0.3 is 9.47 Å². The average Bonchev–Trinajstić information content (AvgIpc) is 2.93. The van der Waals surface area contributed by atoms with E-state index < -0.39 is 5.97 Å². The molecule has 1 aliphatic heterocycles. The number of carbonyl (C=O) groups excluding carboxylic acids is 2. The van der Waals surface area contributed by atoms with E-state index >= 15 is 0 Å². The van der Waals surface area contributed by atoms with Crippen molar-refractivity contribution in [2.24, 2.45) is 0 Å². The number of methoxy groups -OCH3 is 1. The fraction of sp³-hybridized carbons (Fsp3) is 0.241. The number of benzene rings is 3. The van der Waals surface area contributed by atoms with E-state index in [0.717, 1.165) is 49.6 Å². The highest BCUT2D eigenvalue weighted by atomic mass is 16.5. The predicted molar refractivity (Wildman–Crippen MR) is 139 cm³/mol. The van der Waals surface area contributed by atoms with E-state index in [1.165, 1.54) is 11.6 Å². The summed E-state index contributed by atoms with van der Waals surface area (Å²) in [5, 5.41) is 1.95. The van der Waals surface area contributed by atoms with Crippen LogP contribution < -0.4 is 10.2 Å². The number of amides is 1. The summed E-state index contributed by atoms with van der Waals surface area (Å²) in [7, 11) is 1.61. The molecule has 1 amide bonds. The Hall–Kier alpha value is -3.94. The molecule has 0 aromatic heterocycles. The molecule has 0 saturated carbocycles. The van der Waals surface area contributed by atoms with Gasteiger partial charge in [-0.3, -0.25) is 15.1 Å². The lowest BCUT2D eigenvalue weighted by Gasteiger charge is -2.34. The summed E-state index contributed by atoms with van der Waals surface area (Å²) in [5.74, 6) is 0.184. The molecule has 1 saturated heterocycles. The number of esters is 1. The van der Waals surface area contributed by atoms with Crippen LogP contribution in [0.25, 0.3) is 6.08 Å². The Labute approximate surface area is 211 Å². The summed E-state index contributed by atoms with van der Waals surface area (Å²) < 4.78 is 10.5. The van der Waals surface area contributed by atoms with Crippen LogP contribution in [0.1, 0.15) is 27.0 Å². The summed E-state index contributed by atoms with van der Waals surface area (Å²) in [6, 6.07) is 24.7. The lowest BCUT2D eigenvalue weighted by atomic mass is 10.1. The van der Waals surface area contributed by atoms with Crippen molar-refractivity contribution in [2.45, 2.75) is 13.2 Å². The summed E-state index contributed by atoms with van der Waals surface area (Å²) in [5.41, 5.74) is 6.40. The molecular formula is C29H31N3O4. The molecule has 186 valence electrons. The Balaban J connectivity index is 1.19. The standard InChI is InChI=1S/C29H31N3O4/c1-35-27-14-9-25(10-15-27)22-36-29(34)26-12-7-23(8-13-26)11-16-28(33)30-32-19-17-31(18-20-32)21-24-5-3-2-4-6-24/h2-16H,17-22H2,1H3,(H,30,33)/b16-11+. The van der Waals surface area contributed by atoms with Crippen molar-refractivity contribution in [1.82, 2.24) is 15.3 Å². The number of carbonyl (C=O) groups is 2. The fourth-order valence-electron chi connectivity index (χ4n) is 3.91. The molecule has 0 bridgehead atoms. The minimum atomic E-state index is -0.398. The van der Waals surface area contributed by atoms with E-state index in [4.69, 9.17) is 9.47 Å². The molecule has 0 radical (unpaired) electrons. The molecule has 0 spiro atoms. The second-order valence-corrected chi connectivity index (χ2v) is 8.60. The number of nitrogens with one attached hydrogen (secondary N) is 1. The van der Waals surface area contributed by atoms with Crippen LogP contribution in [-0.4, -0.2) is 55.1 Å². The quantitative estimate of drug-likeness (QED) is 0.366. The van der Waals surface area contributed by atoms with Crippen molar-refractivity contribution in [2.75, 3.05) is 33.3 Å². The van der Waals surface area contributed by atoms with Crippen molar-refractivity contribution in [1.29, 1.82) is 0 Å². The summed E-state index contributed by atoms with van der Waals surface area (Å²) in [6.45, 7) is 4.46. The van der Waals surface area contributed by atoms with Gasteiger partial charge in [0.05, 0.1) is 12.7 Å². The van der Waals surface area contributed by atoms with Gasteiger partial charge in [-0.15, -0.1) is 0 Å². The highest BCUT2D eigenvalue weighted by Crippen LogP contribution is 2.14. The van der Waals surface area contributed by atoms with Crippen LogP contribution >= 0.6 is 0 Å². The summed E-state index contributed by atoms with van der Waals surface area (Å²) in [6.07, 6.45) is 3.24. The van der Waals surface area contributed by atoms with Gasteiger partial charge in [-0.25, -0.2) is 9.80 Å². The van der Waals surface area contributed by atoms with Crippen LogP contribution in [0, 0.1) is 0 Å². The Morgan fingerprint density at radius 3 is 2.22 bits per heavy atom. The third kappa shape index (κ3) is 7.53. The SMILES string of the molecule is COc1ccc(COC(=O)c2ccc(/C=C/C(=O)NN3CCN(Cc4ccccc4)CC3)cc2)cc1. The van der Waals surface area contributed by atoms with Gasteiger partial charge in [-0.2, -0.15) is 0 Å². The van der Waals surface area contributed by atoms with Crippen LogP contribution in [0.3, 0.4) is 0 Å². The van der Waals surface area contributed by atoms with Gasteiger partial charge in [-0.1, -0.05) is 54.6 Å². The van der Waals surface area contributed by atoms with E-state index in [1.807, 2.05) is 35.3 Å². The topological polar surface area (TPSA) is 71.1 Å². The van der Waals surface area contributed by atoms with Crippen molar-refractivity contribution in [3.8, 4) is 5.75 Å². The molecule has 1 N–H and O–H groups in total. The first-order chi connectivity index (χ1) is 17.6. The Kier molecular flexibility index (Phi) is 8.86. The van der Waals surface area contributed by atoms with Gasteiger partial charge in [0.1, 0.15) is 12.4 Å². The molecule has 4 rings (SSSR count). The molecule has 3 aromatic carbocycles. The molecular weight excluding hydrogens is 454 g/mol. The van der Waals surface area contributed by atoms with E-state index in [2.05, 4.69) is 34.6 Å². The van der Waals surface area contributed by atoms with Crippen LogP contribution in [-0.2, 0) is 22.7 Å². The molecule has 3 aromatic rings. The highest BCUT2D eigenvalue weighted by Gasteiger charge is 2.17. The van der Waals surface area contributed by atoms with E-state index in [0.29, 0.717) is 5.56 Å². The van der Waals surface area contributed by atoms with Crippen LogP contribution in [0.15, 0.2) is 84.9 Å². The molecule has 1 fully saturated rings. The summed E-state index contributed by atoms with van der Waals surface area (Å²) in [4.78, 5) is 27.1. The van der Waals surface area contributed by atoms with Crippen LogP contribution in [0.5, 0.6) is 5.75 Å². The zero-order valence-electron chi connectivity index (χ0n) is 20.4. The van der Waals surface area contributed by atoms with Gasteiger partial charge in [0, 0.05) is 38.8 Å². The molecule has 0 atom stereocenters. The third-order valence-corrected chi connectivity index (χ3v) is 5.99. The lowest BCUT2D eigenvalue weighted by molar-refractivity contribution is -0.121. The predicted octanol–water partition coefficient (Wildman–Crippen LogP) is 3.91. The maximum atomic E-state index is 12.4. The number of hydrazine groups is 1. The van der Waals surface area contributed by atoms with Gasteiger partial charge >= 0.3 is 5.97 Å². The average molecular weight is 486 g/mol. The Morgan fingerprint density at radius 2 is 1.56 bits per heavy atom. The third-order valence-electron chi connectivity index (χ3n) is 5.99. The van der Waals surface area contributed by atoms with Gasteiger partial charge in [0.2, 0.25) is 0 Å². The molecule has 0 aliphatic carbocycles. The first-order valence-corrected chi connectivity index (χ1v) is 12.0. The minimum Gasteiger partial charge on any atom is -0.497 e. The fourth-order valence-corrected chi connectivity index (χ4v) is 3.91. The smallest absolute Gasteiger partial charge is 0.338 e.